The highest BCUT2D eigenvalue weighted by Crippen LogP contribution is 2.33. The summed E-state index contributed by atoms with van der Waals surface area (Å²) in [6, 6.07) is 11.4. The fraction of sp³-hybridized carbons (Fsp3) is 0.278. The number of ketones is 1. The van der Waals surface area contributed by atoms with Gasteiger partial charge in [0.15, 0.2) is 0 Å². The quantitative estimate of drug-likeness (QED) is 0.811. The van der Waals surface area contributed by atoms with Crippen molar-refractivity contribution < 1.29 is 18.0 Å². The zero-order valence-corrected chi connectivity index (χ0v) is 13.7. The zero-order valence-electron chi connectivity index (χ0n) is 13.0. The molecule has 1 N–H and O–H groups in total. The Kier molecular flexibility index (Phi) is 6.02. The Hall–Kier alpha value is -1.85. The number of hydrogen-bond acceptors (Lipinski definition) is 2. The highest BCUT2D eigenvalue weighted by Gasteiger charge is 2.42. The van der Waals surface area contributed by atoms with Crippen LogP contribution >= 0.6 is 11.6 Å². The van der Waals surface area contributed by atoms with Gasteiger partial charge < -0.3 is 0 Å². The molecule has 0 aliphatic heterocycles. The van der Waals surface area contributed by atoms with Gasteiger partial charge in [-0.1, -0.05) is 60.1 Å². The smallest absolute Gasteiger partial charge is 0.298 e. The average Bonchev–Trinajstić information content (AvgIpc) is 2.52. The van der Waals surface area contributed by atoms with Gasteiger partial charge in [-0.2, -0.15) is 13.2 Å². The molecule has 0 saturated heterocycles. The summed E-state index contributed by atoms with van der Waals surface area (Å²) < 4.78 is 40.3. The summed E-state index contributed by atoms with van der Waals surface area (Å²) in [5.41, 5.74) is 0.691. The molecule has 24 heavy (non-hydrogen) atoms. The summed E-state index contributed by atoms with van der Waals surface area (Å²) >= 11 is 6.06. The number of hydrogen-bond donors (Lipinski definition) is 1. The van der Waals surface area contributed by atoms with Crippen LogP contribution in [0.4, 0.5) is 13.2 Å². The molecule has 2 atom stereocenters. The van der Waals surface area contributed by atoms with Gasteiger partial charge in [-0.15, -0.1) is 0 Å². The van der Waals surface area contributed by atoms with E-state index in [4.69, 9.17) is 11.6 Å². The van der Waals surface area contributed by atoms with Gasteiger partial charge in [-0.25, -0.2) is 0 Å². The first-order chi connectivity index (χ1) is 11.3. The molecule has 0 bridgehead atoms. The lowest BCUT2D eigenvalue weighted by Gasteiger charge is -2.27. The van der Waals surface area contributed by atoms with Crippen molar-refractivity contribution in [2.24, 2.45) is 0 Å². The molecule has 0 heterocycles. The predicted molar refractivity (Wildman–Crippen MR) is 88.0 cm³/mol. The van der Waals surface area contributed by atoms with E-state index in [2.05, 4.69) is 5.32 Å². The first-order valence-electron chi connectivity index (χ1n) is 7.40. The normalized spacial score (nSPS) is 14.2. The van der Waals surface area contributed by atoms with Crippen LogP contribution < -0.4 is 5.32 Å². The molecule has 2 aromatic carbocycles. The molecule has 0 spiro atoms. The number of halogens is 4. The van der Waals surface area contributed by atoms with Gasteiger partial charge in [0.25, 0.3) is 0 Å². The molecule has 0 radical (unpaired) electrons. The lowest BCUT2D eigenvalue weighted by atomic mass is 9.99. The number of carbonyl (C=O) groups excluding carboxylic acids is 1. The van der Waals surface area contributed by atoms with E-state index in [1.807, 2.05) is 0 Å². The monoisotopic (exact) mass is 355 g/mol. The second-order valence-corrected chi connectivity index (χ2v) is 5.92. The minimum atomic E-state index is -4.52. The van der Waals surface area contributed by atoms with Crippen LogP contribution in [0.5, 0.6) is 0 Å². The van der Waals surface area contributed by atoms with Gasteiger partial charge >= 0.3 is 6.18 Å². The van der Waals surface area contributed by atoms with E-state index in [1.54, 1.807) is 30.3 Å². The largest absolute Gasteiger partial charge is 0.407 e. The number of Topliss-reactive ketones (excluding diaryl/α,β-unsaturated/α-hetero) is 1. The molecule has 2 aromatic rings. The first kappa shape index (κ1) is 18.5. The lowest BCUT2D eigenvalue weighted by Crippen LogP contribution is -2.45. The SMILES string of the molecule is CC(=O)[C@H](Cc1ccccc1Cl)NC(c1ccccc1)C(F)(F)F. The molecule has 0 amide bonds. The van der Waals surface area contributed by atoms with Gasteiger partial charge in [0.1, 0.15) is 11.8 Å². The topological polar surface area (TPSA) is 29.1 Å². The van der Waals surface area contributed by atoms with E-state index in [0.29, 0.717) is 10.6 Å². The van der Waals surface area contributed by atoms with Gasteiger partial charge in [-0.05, 0) is 30.5 Å². The summed E-state index contributed by atoms with van der Waals surface area (Å²) in [6.45, 7) is 1.27. The van der Waals surface area contributed by atoms with Crippen LogP contribution in [-0.2, 0) is 11.2 Å². The third kappa shape index (κ3) is 4.82. The maximum absolute atomic E-state index is 13.4. The minimum absolute atomic E-state index is 0.0652. The highest BCUT2D eigenvalue weighted by atomic mass is 35.5. The molecule has 2 nitrogen and oxygen atoms in total. The fourth-order valence-electron chi connectivity index (χ4n) is 2.43. The highest BCUT2D eigenvalue weighted by molar-refractivity contribution is 6.31. The lowest BCUT2D eigenvalue weighted by molar-refractivity contribution is -0.160. The number of benzene rings is 2. The molecule has 128 valence electrons. The van der Waals surface area contributed by atoms with Crippen molar-refractivity contribution in [1.29, 1.82) is 0 Å². The molecule has 0 aliphatic rings. The van der Waals surface area contributed by atoms with E-state index in [0.717, 1.165) is 0 Å². The van der Waals surface area contributed by atoms with Crippen molar-refractivity contribution in [3.05, 3.63) is 70.7 Å². The summed E-state index contributed by atoms with van der Waals surface area (Å²) in [6.07, 6.45) is -4.43. The van der Waals surface area contributed by atoms with E-state index in [-0.39, 0.29) is 17.8 Å². The second kappa shape index (κ2) is 7.81. The summed E-state index contributed by atoms with van der Waals surface area (Å²) in [7, 11) is 0. The van der Waals surface area contributed by atoms with E-state index in [9.17, 15) is 18.0 Å². The number of alkyl halides is 3. The standard InChI is InChI=1S/C18H17ClF3NO/c1-12(24)16(11-14-9-5-6-10-15(14)19)23-17(18(20,21)22)13-7-3-2-4-8-13/h2-10,16-17,23H,11H2,1H3/t16-,17?/m0/s1. The number of rotatable bonds is 6. The second-order valence-electron chi connectivity index (χ2n) is 5.51. The van der Waals surface area contributed by atoms with Gasteiger partial charge in [0, 0.05) is 5.02 Å². The van der Waals surface area contributed by atoms with Crippen molar-refractivity contribution in [1.82, 2.24) is 5.32 Å². The summed E-state index contributed by atoms with van der Waals surface area (Å²) in [5, 5.41) is 2.88. The molecule has 2 rings (SSSR count). The molecule has 1 unspecified atom stereocenters. The van der Waals surface area contributed by atoms with E-state index >= 15 is 0 Å². The average molecular weight is 356 g/mol. The Morgan fingerprint density at radius 3 is 2.21 bits per heavy atom. The fourth-order valence-corrected chi connectivity index (χ4v) is 2.64. The van der Waals surface area contributed by atoms with Crippen molar-refractivity contribution in [3.8, 4) is 0 Å². The van der Waals surface area contributed by atoms with Crippen LogP contribution in [-0.4, -0.2) is 18.0 Å². The summed E-state index contributed by atoms with van der Waals surface area (Å²) in [4.78, 5) is 11.9. The van der Waals surface area contributed by atoms with Crippen molar-refractivity contribution >= 4 is 17.4 Å². The van der Waals surface area contributed by atoms with Gasteiger partial charge in [0.2, 0.25) is 0 Å². The third-order valence-corrected chi connectivity index (χ3v) is 4.07. The molecular formula is C18H17ClF3NO. The Balaban J connectivity index is 2.27. The van der Waals surface area contributed by atoms with Crippen LogP contribution in [0.15, 0.2) is 54.6 Å². The molecular weight excluding hydrogens is 339 g/mol. The maximum Gasteiger partial charge on any atom is 0.407 e. The Morgan fingerprint density at radius 2 is 1.67 bits per heavy atom. The minimum Gasteiger partial charge on any atom is -0.298 e. The van der Waals surface area contributed by atoms with Crippen molar-refractivity contribution in [2.75, 3.05) is 0 Å². The van der Waals surface area contributed by atoms with Crippen LogP contribution in [0, 0.1) is 0 Å². The van der Waals surface area contributed by atoms with Crippen molar-refractivity contribution in [2.45, 2.75) is 31.6 Å². The molecule has 0 aromatic heterocycles. The van der Waals surface area contributed by atoms with E-state index < -0.39 is 18.3 Å². The van der Waals surface area contributed by atoms with Crippen molar-refractivity contribution in [3.63, 3.8) is 0 Å². The van der Waals surface area contributed by atoms with Crippen LogP contribution in [0.3, 0.4) is 0 Å². The Bertz CT molecular complexity index is 688. The van der Waals surface area contributed by atoms with Crippen LogP contribution in [0.2, 0.25) is 5.02 Å². The number of nitrogens with one attached hydrogen (secondary N) is 1. The summed E-state index contributed by atoms with van der Waals surface area (Å²) in [5.74, 6) is -0.375. The van der Waals surface area contributed by atoms with Crippen LogP contribution in [0.1, 0.15) is 24.1 Å². The Morgan fingerprint density at radius 1 is 1.08 bits per heavy atom. The third-order valence-electron chi connectivity index (χ3n) is 3.70. The molecule has 0 saturated carbocycles. The van der Waals surface area contributed by atoms with Gasteiger partial charge in [-0.3, -0.25) is 10.1 Å². The van der Waals surface area contributed by atoms with Crippen LogP contribution in [0.25, 0.3) is 0 Å². The number of carbonyl (C=O) groups is 1. The van der Waals surface area contributed by atoms with Gasteiger partial charge in [0.05, 0.1) is 6.04 Å². The molecule has 0 fully saturated rings. The maximum atomic E-state index is 13.4. The zero-order chi connectivity index (χ0) is 17.7. The molecule has 0 aliphatic carbocycles. The molecule has 6 heteroatoms. The van der Waals surface area contributed by atoms with E-state index in [1.165, 1.54) is 31.2 Å². The Labute approximate surface area is 143 Å². The first-order valence-corrected chi connectivity index (χ1v) is 7.78. The predicted octanol–water partition coefficient (Wildman–Crippen LogP) is 4.73.